The van der Waals surface area contributed by atoms with Crippen molar-refractivity contribution in [1.29, 1.82) is 0 Å². The lowest BCUT2D eigenvalue weighted by molar-refractivity contribution is 0.00342. The van der Waals surface area contributed by atoms with Gasteiger partial charge in [0.1, 0.15) is 0 Å². The summed E-state index contributed by atoms with van der Waals surface area (Å²) < 4.78 is 15.0. The van der Waals surface area contributed by atoms with Gasteiger partial charge in [-0.25, -0.2) is 5.90 Å². The molecule has 0 aromatic rings. The molecule has 2 N–H and O–H groups in total. The lowest BCUT2D eigenvalue weighted by Crippen LogP contribution is -2.12. The second kappa shape index (κ2) is 14.6. The molecule has 0 rings (SSSR count). The van der Waals surface area contributed by atoms with Gasteiger partial charge in [-0.15, -0.1) is 12.4 Å². The molecule has 0 aliphatic heterocycles. The fraction of sp³-hybridized carbons (Fsp3) is 1.00. The molecule has 0 aliphatic carbocycles. The highest BCUT2D eigenvalue weighted by Gasteiger charge is 1.89. The molecule has 0 radical (unpaired) electrons. The van der Waals surface area contributed by atoms with Crippen LogP contribution in [-0.4, -0.2) is 46.8 Å². The number of hydrogen-bond acceptors (Lipinski definition) is 5. The van der Waals surface area contributed by atoms with E-state index in [2.05, 4.69) is 4.84 Å². The second-order valence-electron chi connectivity index (χ2n) is 2.09. The highest BCUT2D eigenvalue weighted by Crippen LogP contribution is 1.79. The van der Waals surface area contributed by atoms with Crippen LogP contribution in [0.4, 0.5) is 0 Å². The average Bonchev–Trinajstić information content (AvgIpc) is 2.10. The molecule has 0 saturated carbocycles. The van der Waals surface area contributed by atoms with E-state index in [9.17, 15) is 0 Å². The van der Waals surface area contributed by atoms with Crippen molar-refractivity contribution in [2.45, 2.75) is 0 Å². The molecular weight excluding hydrogens is 198 g/mol. The van der Waals surface area contributed by atoms with Crippen LogP contribution in [0.1, 0.15) is 0 Å². The van der Waals surface area contributed by atoms with Crippen LogP contribution < -0.4 is 5.90 Å². The normalized spacial score (nSPS) is 9.69. The van der Waals surface area contributed by atoms with Crippen molar-refractivity contribution in [2.24, 2.45) is 5.90 Å². The van der Waals surface area contributed by atoms with Crippen LogP contribution in [0.2, 0.25) is 0 Å². The van der Waals surface area contributed by atoms with Crippen molar-refractivity contribution in [3.63, 3.8) is 0 Å². The van der Waals surface area contributed by atoms with Crippen LogP contribution in [0.25, 0.3) is 0 Å². The van der Waals surface area contributed by atoms with Gasteiger partial charge in [-0.05, 0) is 0 Å². The average molecular weight is 216 g/mol. The Labute approximate surface area is 84.8 Å². The van der Waals surface area contributed by atoms with Crippen LogP contribution in [-0.2, 0) is 19.0 Å². The Balaban J connectivity index is 0. The molecule has 13 heavy (non-hydrogen) atoms. The van der Waals surface area contributed by atoms with E-state index in [0.717, 1.165) is 0 Å². The summed E-state index contributed by atoms with van der Waals surface area (Å²) in [4.78, 5) is 4.30. The predicted octanol–water partition coefficient (Wildman–Crippen LogP) is -0.0219. The molecule has 0 heterocycles. The minimum absolute atomic E-state index is 0. The van der Waals surface area contributed by atoms with E-state index < -0.39 is 0 Å². The van der Waals surface area contributed by atoms with Gasteiger partial charge in [0.25, 0.3) is 0 Å². The number of hydrogen-bond donors (Lipinski definition) is 1. The van der Waals surface area contributed by atoms with Crippen LogP contribution in [0, 0.1) is 0 Å². The summed E-state index contributed by atoms with van der Waals surface area (Å²) in [5, 5.41) is 0. The smallest absolute Gasteiger partial charge is 0.0913 e. The fourth-order valence-electron chi connectivity index (χ4n) is 0.571. The van der Waals surface area contributed by atoms with E-state index >= 15 is 0 Å². The second-order valence-corrected chi connectivity index (χ2v) is 2.09. The highest BCUT2D eigenvalue weighted by atomic mass is 35.5. The molecule has 0 aromatic heterocycles. The fourth-order valence-corrected chi connectivity index (χ4v) is 0.571. The van der Waals surface area contributed by atoms with Gasteiger partial charge in [-0.3, -0.25) is 0 Å². The molecule has 6 heteroatoms. The largest absolute Gasteiger partial charge is 0.382 e. The predicted molar refractivity (Wildman–Crippen MR) is 50.9 cm³/mol. The molecule has 0 saturated heterocycles. The zero-order valence-electron chi connectivity index (χ0n) is 7.86. The molecule has 0 spiro atoms. The minimum Gasteiger partial charge on any atom is -0.382 e. The van der Waals surface area contributed by atoms with Gasteiger partial charge in [0.15, 0.2) is 0 Å². The third-order valence-electron chi connectivity index (χ3n) is 1.15. The van der Waals surface area contributed by atoms with Crippen molar-refractivity contribution < 1.29 is 19.0 Å². The zero-order chi connectivity index (χ0) is 9.07. The van der Waals surface area contributed by atoms with Crippen molar-refractivity contribution in [3.05, 3.63) is 0 Å². The molecule has 0 unspecified atom stereocenters. The lowest BCUT2D eigenvalue weighted by Gasteiger charge is -2.04. The summed E-state index contributed by atoms with van der Waals surface area (Å²) >= 11 is 0. The molecule has 5 nitrogen and oxygen atoms in total. The van der Waals surface area contributed by atoms with Gasteiger partial charge < -0.3 is 19.0 Å². The first-order chi connectivity index (χ1) is 5.91. The van der Waals surface area contributed by atoms with Crippen LogP contribution in [0.3, 0.4) is 0 Å². The SMILES string of the molecule is COCCOCCOCCON.Cl. The van der Waals surface area contributed by atoms with Crippen LogP contribution in [0.15, 0.2) is 0 Å². The van der Waals surface area contributed by atoms with Gasteiger partial charge >= 0.3 is 0 Å². The Kier molecular flexibility index (Phi) is 17.5. The molecule has 0 aliphatic rings. The summed E-state index contributed by atoms with van der Waals surface area (Å²) in [7, 11) is 1.64. The summed E-state index contributed by atoms with van der Waals surface area (Å²) in [6, 6.07) is 0. The molecule has 0 fully saturated rings. The third kappa shape index (κ3) is 14.9. The Bertz CT molecular complexity index is 76.9. The Hall–Kier alpha value is 0.0900. The Morgan fingerprint density at radius 2 is 1.31 bits per heavy atom. The van der Waals surface area contributed by atoms with E-state index in [-0.39, 0.29) is 12.4 Å². The van der Waals surface area contributed by atoms with E-state index in [1.165, 1.54) is 0 Å². The zero-order valence-corrected chi connectivity index (χ0v) is 8.68. The standard InChI is InChI=1S/C7H17NO4.ClH/c1-9-2-3-10-4-5-11-6-7-12-8;/h2-8H2,1H3;1H. The lowest BCUT2D eigenvalue weighted by atomic mass is 10.7. The number of ether oxygens (including phenoxy) is 3. The number of halogens is 1. The molecule has 0 aromatic carbocycles. The minimum atomic E-state index is 0. The van der Waals surface area contributed by atoms with Gasteiger partial charge in [-0.2, -0.15) is 0 Å². The van der Waals surface area contributed by atoms with Crippen LogP contribution >= 0.6 is 12.4 Å². The monoisotopic (exact) mass is 215 g/mol. The molecular formula is C7H18ClNO4. The molecule has 0 bridgehead atoms. The highest BCUT2D eigenvalue weighted by molar-refractivity contribution is 5.85. The van der Waals surface area contributed by atoms with Crippen molar-refractivity contribution in [1.82, 2.24) is 0 Å². The maximum Gasteiger partial charge on any atom is 0.0913 e. The molecule has 0 amide bonds. The quantitative estimate of drug-likeness (QED) is 0.433. The van der Waals surface area contributed by atoms with Crippen molar-refractivity contribution in [3.8, 4) is 0 Å². The van der Waals surface area contributed by atoms with Gasteiger partial charge in [-0.1, -0.05) is 0 Å². The van der Waals surface area contributed by atoms with Crippen molar-refractivity contribution in [2.75, 3.05) is 46.8 Å². The van der Waals surface area contributed by atoms with Gasteiger partial charge in [0.05, 0.1) is 39.6 Å². The summed E-state index contributed by atoms with van der Waals surface area (Å²) in [5.41, 5.74) is 0. The Morgan fingerprint density at radius 1 is 0.846 bits per heavy atom. The topological polar surface area (TPSA) is 62.9 Å². The van der Waals surface area contributed by atoms with Crippen molar-refractivity contribution >= 4 is 12.4 Å². The van der Waals surface area contributed by atoms with Gasteiger partial charge in [0, 0.05) is 7.11 Å². The van der Waals surface area contributed by atoms with E-state index in [1.807, 2.05) is 0 Å². The van der Waals surface area contributed by atoms with E-state index in [1.54, 1.807) is 7.11 Å². The summed E-state index contributed by atoms with van der Waals surface area (Å²) in [5.74, 6) is 4.78. The molecule has 0 atom stereocenters. The first-order valence-electron chi connectivity index (χ1n) is 3.88. The molecule has 82 valence electrons. The van der Waals surface area contributed by atoms with Gasteiger partial charge in [0.2, 0.25) is 0 Å². The summed E-state index contributed by atoms with van der Waals surface area (Å²) in [6.45, 7) is 3.28. The van der Waals surface area contributed by atoms with E-state index in [0.29, 0.717) is 39.6 Å². The third-order valence-corrected chi connectivity index (χ3v) is 1.15. The Morgan fingerprint density at radius 3 is 1.77 bits per heavy atom. The first kappa shape index (κ1) is 15.6. The van der Waals surface area contributed by atoms with Crippen LogP contribution in [0.5, 0.6) is 0 Å². The summed E-state index contributed by atoms with van der Waals surface area (Å²) in [6.07, 6.45) is 0. The van der Waals surface area contributed by atoms with E-state index in [4.69, 9.17) is 20.1 Å². The number of nitrogens with two attached hydrogens (primary N) is 1. The number of methoxy groups -OCH3 is 1. The maximum absolute atomic E-state index is 5.13. The maximum atomic E-state index is 5.13. The number of rotatable bonds is 9. The first-order valence-corrected chi connectivity index (χ1v) is 3.88.